The number of alkyl halides is 6. The summed E-state index contributed by atoms with van der Waals surface area (Å²) < 4.78 is 78.9. The van der Waals surface area contributed by atoms with Crippen molar-refractivity contribution >= 4 is 6.03 Å². The number of urea groups is 1. The average Bonchev–Trinajstić information content (AvgIpc) is 2.55. The van der Waals surface area contributed by atoms with E-state index in [1.165, 1.54) is 10.2 Å². The fourth-order valence-corrected chi connectivity index (χ4v) is 3.93. The van der Waals surface area contributed by atoms with Crippen LogP contribution in [0.3, 0.4) is 0 Å². The van der Waals surface area contributed by atoms with Crippen molar-refractivity contribution in [3.05, 3.63) is 0 Å². The van der Waals surface area contributed by atoms with Crippen molar-refractivity contribution in [1.82, 2.24) is 10.2 Å². The van der Waals surface area contributed by atoms with Gasteiger partial charge in [-0.15, -0.1) is 0 Å². The Kier molecular flexibility index (Phi) is 6.38. The summed E-state index contributed by atoms with van der Waals surface area (Å²) in [7, 11) is 0. The highest BCUT2D eigenvalue weighted by Gasteiger charge is 2.69. The number of rotatable bonds is 3. The SMILES string of the molecule is CC(NC(=O)N(C1CCCCC1)C1CCCCC1)(C(F)(F)F)C(F)(F)F. The first-order valence-electron chi connectivity index (χ1n) is 9.21. The Morgan fingerprint density at radius 3 is 1.42 bits per heavy atom. The van der Waals surface area contributed by atoms with Gasteiger partial charge in [0.25, 0.3) is 0 Å². The molecule has 0 spiro atoms. The van der Waals surface area contributed by atoms with Gasteiger partial charge in [0.1, 0.15) is 0 Å². The van der Waals surface area contributed by atoms with Crippen molar-refractivity contribution in [2.45, 2.75) is 101 Å². The Morgan fingerprint density at radius 1 is 0.769 bits per heavy atom. The fourth-order valence-electron chi connectivity index (χ4n) is 3.93. The van der Waals surface area contributed by atoms with Gasteiger partial charge in [0, 0.05) is 12.1 Å². The van der Waals surface area contributed by atoms with E-state index in [4.69, 9.17) is 0 Å². The van der Waals surface area contributed by atoms with Gasteiger partial charge < -0.3 is 10.2 Å². The molecular formula is C17H26F6N2O. The van der Waals surface area contributed by atoms with Crippen molar-refractivity contribution in [3.63, 3.8) is 0 Å². The highest BCUT2D eigenvalue weighted by Crippen LogP contribution is 2.43. The zero-order valence-electron chi connectivity index (χ0n) is 14.8. The summed E-state index contributed by atoms with van der Waals surface area (Å²) in [6.45, 7) is -0.00911. The van der Waals surface area contributed by atoms with Crippen LogP contribution in [-0.4, -0.2) is 40.9 Å². The van der Waals surface area contributed by atoms with Crippen molar-refractivity contribution in [2.75, 3.05) is 0 Å². The van der Waals surface area contributed by atoms with E-state index in [9.17, 15) is 31.1 Å². The summed E-state index contributed by atoms with van der Waals surface area (Å²) in [6, 6.07) is -1.84. The molecular weight excluding hydrogens is 362 g/mol. The maximum atomic E-state index is 13.2. The molecule has 0 radical (unpaired) electrons. The first-order chi connectivity index (χ1) is 12.0. The number of hydrogen-bond donors (Lipinski definition) is 1. The lowest BCUT2D eigenvalue weighted by molar-refractivity contribution is -0.298. The minimum Gasteiger partial charge on any atom is -0.319 e. The van der Waals surface area contributed by atoms with Crippen LogP contribution in [-0.2, 0) is 0 Å². The van der Waals surface area contributed by atoms with Gasteiger partial charge >= 0.3 is 18.4 Å². The third-order valence-electron chi connectivity index (χ3n) is 5.66. The maximum Gasteiger partial charge on any atom is 0.420 e. The van der Waals surface area contributed by atoms with E-state index in [0.717, 1.165) is 38.5 Å². The molecule has 0 atom stereocenters. The first kappa shape index (κ1) is 21.2. The molecule has 0 aromatic rings. The Bertz CT molecular complexity index is 447. The van der Waals surface area contributed by atoms with Crippen LogP contribution in [0.5, 0.6) is 0 Å². The zero-order valence-corrected chi connectivity index (χ0v) is 14.8. The third-order valence-corrected chi connectivity index (χ3v) is 5.66. The summed E-state index contributed by atoms with van der Waals surface area (Å²) >= 11 is 0. The van der Waals surface area contributed by atoms with Crippen LogP contribution in [0.2, 0.25) is 0 Å². The van der Waals surface area contributed by atoms with Gasteiger partial charge in [-0.3, -0.25) is 0 Å². The average molecular weight is 388 g/mol. The molecule has 9 heteroatoms. The molecule has 152 valence electrons. The van der Waals surface area contributed by atoms with Gasteiger partial charge in [-0.25, -0.2) is 4.79 Å². The van der Waals surface area contributed by atoms with E-state index in [1.54, 1.807) is 0 Å². The Hall–Kier alpha value is -1.15. The van der Waals surface area contributed by atoms with Crippen molar-refractivity contribution in [1.29, 1.82) is 0 Å². The molecule has 0 aromatic heterocycles. The standard InChI is InChI=1S/C17H26F6N2O/c1-15(16(18,19)20,17(21,22)23)24-14(26)25(12-8-4-2-5-9-12)13-10-6-3-7-11-13/h12-13H,2-11H2,1H3,(H,24,26). The van der Waals surface area contributed by atoms with Crippen LogP contribution in [0.25, 0.3) is 0 Å². The van der Waals surface area contributed by atoms with Crippen LogP contribution in [0, 0.1) is 0 Å². The number of hydrogen-bond acceptors (Lipinski definition) is 1. The Morgan fingerprint density at radius 2 is 1.12 bits per heavy atom. The number of nitrogens with zero attached hydrogens (tertiary/aromatic N) is 1. The molecule has 1 N–H and O–H groups in total. The number of nitrogens with one attached hydrogen (secondary N) is 1. The van der Waals surface area contributed by atoms with Crippen LogP contribution >= 0.6 is 0 Å². The summed E-state index contributed by atoms with van der Waals surface area (Å²) in [5.74, 6) is 0. The molecule has 2 aliphatic carbocycles. The maximum absolute atomic E-state index is 13.2. The summed E-state index contributed by atoms with van der Waals surface area (Å²) in [5.41, 5.74) is -4.27. The smallest absolute Gasteiger partial charge is 0.319 e. The highest BCUT2D eigenvalue weighted by atomic mass is 19.4. The minimum atomic E-state index is -5.63. The fraction of sp³-hybridized carbons (Fsp3) is 0.941. The van der Waals surface area contributed by atoms with E-state index >= 15 is 0 Å². The summed E-state index contributed by atoms with van der Waals surface area (Å²) in [5, 5.41) is 1.30. The Labute approximate surface area is 149 Å². The molecule has 0 aliphatic heterocycles. The van der Waals surface area contributed by atoms with E-state index in [2.05, 4.69) is 0 Å². The number of halogens is 6. The van der Waals surface area contributed by atoms with E-state index in [1.807, 2.05) is 0 Å². The summed E-state index contributed by atoms with van der Waals surface area (Å²) in [4.78, 5) is 14.0. The second kappa shape index (κ2) is 7.84. The van der Waals surface area contributed by atoms with E-state index in [-0.39, 0.29) is 19.0 Å². The second-order valence-electron chi connectivity index (χ2n) is 7.54. The normalized spacial score (nSPS) is 21.5. The molecule has 0 bridgehead atoms. The topological polar surface area (TPSA) is 32.3 Å². The first-order valence-corrected chi connectivity index (χ1v) is 9.21. The lowest BCUT2D eigenvalue weighted by Crippen LogP contribution is -2.68. The predicted octanol–water partition coefficient (Wildman–Crippen LogP) is 5.55. The van der Waals surface area contributed by atoms with Gasteiger partial charge in [-0.2, -0.15) is 26.3 Å². The minimum absolute atomic E-state index is 0.00911. The molecule has 2 fully saturated rings. The lowest BCUT2D eigenvalue weighted by Gasteiger charge is -2.44. The highest BCUT2D eigenvalue weighted by molar-refractivity contribution is 5.76. The van der Waals surface area contributed by atoms with Gasteiger partial charge in [0.2, 0.25) is 5.54 Å². The monoisotopic (exact) mass is 388 g/mol. The Balaban J connectivity index is 2.26. The molecule has 2 saturated carbocycles. The molecule has 2 aliphatic rings. The molecule has 0 unspecified atom stereocenters. The van der Waals surface area contributed by atoms with Gasteiger partial charge in [0.05, 0.1) is 0 Å². The van der Waals surface area contributed by atoms with Gasteiger partial charge in [0.15, 0.2) is 0 Å². The van der Waals surface area contributed by atoms with Crippen LogP contribution in [0.1, 0.15) is 71.1 Å². The third kappa shape index (κ3) is 4.39. The molecule has 2 amide bonds. The zero-order chi connectivity index (χ0) is 19.6. The molecule has 2 rings (SSSR count). The van der Waals surface area contributed by atoms with Crippen LogP contribution in [0.15, 0.2) is 0 Å². The molecule has 3 nitrogen and oxygen atoms in total. The molecule has 0 heterocycles. The van der Waals surface area contributed by atoms with Gasteiger partial charge in [-0.05, 0) is 32.6 Å². The molecule has 26 heavy (non-hydrogen) atoms. The van der Waals surface area contributed by atoms with Crippen LogP contribution in [0.4, 0.5) is 31.1 Å². The van der Waals surface area contributed by atoms with Crippen molar-refractivity contribution < 1.29 is 31.1 Å². The quantitative estimate of drug-likeness (QED) is 0.632. The van der Waals surface area contributed by atoms with Crippen LogP contribution < -0.4 is 5.32 Å². The van der Waals surface area contributed by atoms with Crippen molar-refractivity contribution in [3.8, 4) is 0 Å². The number of carbonyl (C=O) groups is 1. The number of amides is 2. The van der Waals surface area contributed by atoms with E-state index in [0.29, 0.717) is 25.7 Å². The molecule has 0 saturated heterocycles. The predicted molar refractivity (Wildman–Crippen MR) is 84.6 cm³/mol. The van der Waals surface area contributed by atoms with Crippen molar-refractivity contribution in [2.24, 2.45) is 0 Å². The van der Waals surface area contributed by atoms with E-state index < -0.39 is 23.9 Å². The molecule has 0 aromatic carbocycles. The largest absolute Gasteiger partial charge is 0.420 e. The van der Waals surface area contributed by atoms with Gasteiger partial charge in [-0.1, -0.05) is 38.5 Å². The summed E-state index contributed by atoms with van der Waals surface area (Å²) in [6.07, 6.45) is -3.51. The number of carbonyl (C=O) groups excluding carboxylic acids is 1. The lowest BCUT2D eigenvalue weighted by atomic mass is 9.88. The second-order valence-corrected chi connectivity index (χ2v) is 7.54.